The van der Waals surface area contributed by atoms with Crippen molar-refractivity contribution in [2.75, 3.05) is 10.6 Å². The van der Waals surface area contributed by atoms with E-state index in [2.05, 4.69) is 10.6 Å². The number of carbonyl (C=O) groups is 2. The lowest BCUT2D eigenvalue weighted by Gasteiger charge is -2.25. The lowest BCUT2D eigenvalue weighted by Crippen LogP contribution is -2.39. The highest BCUT2D eigenvalue weighted by atomic mass is 16.5. The van der Waals surface area contributed by atoms with Crippen LogP contribution < -0.4 is 15.4 Å². The Bertz CT molecular complexity index is 743. The van der Waals surface area contributed by atoms with Crippen LogP contribution in [0.4, 0.5) is 11.4 Å². The zero-order chi connectivity index (χ0) is 16.2. The Morgan fingerprint density at radius 2 is 1.91 bits per heavy atom. The van der Waals surface area contributed by atoms with Crippen LogP contribution in [0, 0.1) is 0 Å². The molecule has 0 bridgehead atoms. The summed E-state index contributed by atoms with van der Waals surface area (Å²) in [6, 6.07) is 14.8. The van der Waals surface area contributed by atoms with E-state index in [-0.39, 0.29) is 18.2 Å². The number of para-hydroxylation sites is 3. The number of amides is 2. The molecule has 1 heterocycles. The van der Waals surface area contributed by atoms with Crippen LogP contribution in [0.15, 0.2) is 48.5 Å². The third-order valence-electron chi connectivity index (χ3n) is 3.75. The first kappa shape index (κ1) is 15.1. The second-order valence-corrected chi connectivity index (χ2v) is 5.35. The first-order valence-electron chi connectivity index (χ1n) is 7.61. The maximum absolute atomic E-state index is 12.2. The molecular formula is C18H18N2O3. The highest BCUT2D eigenvalue weighted by Gasteiger charge is 2.29. The number of rotatable bonds is 4. The van der Waals surface area contributed by atoms with E-state index >= 15 is 0 Å². The van der Waals surface area contributed by atoms with E-state index in [0.717, 1.165) is 17.7 Å². The van der Waals surface area contributed by atoms with Crippen molar-refractivity contribution >= 4 is 23.2 Å². The van der Waals surface area contributed by atoms with Crippen molar-refractivity contribution in [1.29, 1.82) is 0 Å². The van der Waals surface area contributed by atoms with Gasteiger partial charge < -0.3 is 15.4 Å². The molecule has 0 fully saturated rings. The molecule has 118 valence electrons. The molecule has 0 spiro atoms. The first-order chi connectivity index (χ1) is 11.2. The number of hydrogen-bond donors (Lipinski definition) is 2. The maximum Gasteiger partial charge on any atom is 0.266 e. The summed E-state index contributed by atoms with van der Waals surface area (Å²) in [7, 11) is 0. The molecule has 0 aromatic heterocycles. The lowest BCUT2D eigenvalue weighted by molar-refractivity contribution is -0.128. The highest BCUT2D eigenvalue weighted by Crippen LogP contribution is 2.29. The van der Waals surface area contributed by atoms with Gasteiger partial charge in [-0.1, -0.05) is 37.3 Å². The molecule has 5 heteroatoms. The van der Waals surface area contributed by atoms with Crippen LogP contribution in [0.3, 0.4) is 0 Å². The van der Waals surface area contributed by atoms with Gasteiger partial charge in [-0.15, -0.1) is 0 Å². The molecule has 0 saturated carbocycles. The minimum atomic E-state index is -0.821. The molecule has 0 radical (unpaired) electrons. The number of benzene rings is 2. The van der Waals surface area contributed by atoms with E-state index in [0.29, 0.717) is 11.4 Å². The average molecular weight is 310 g/mol. The van der Waals surface area contributed by atoms with Crippen LogP contribution in [0.25, 0.3) is 0 Å². The van der Waals surface area contributed by atoms with Gasteiger partial charge >= 0.3 is 0 Å². The predicted molar refractivity (Wildman–Crippen MR) is 88.6 cm³/mol. The molecule has 2 amide bonds. The van der Waals surface area contributed by atoms with Crippen LogP contribution in [0.5, 0.6) is 5.75 Å². The van der Waals surface area contributed by atoms with Gasteiger partial charge in [0.05, 0.1) is 12.1 Å². The summed E-state index contributed by atoms with van der Waals surface area (Å²) in [4.78, 5) is 24.3. The maximum atomic E-state index is 12.2. The molecule has 2 aromatic carbocycles. The summed E-state index contributed by atoms with van der Waals surface area (Å²) < 4.78 is 5.64. The van der Waals surface area contributed by atoms with Crippen molar-refractivity contribution in [2.24, 2.45) is 0 Å². The average Bonchev–Trinajstić information content (AvgIpc) is 2.56. The summed E-state index contributed by atoms with van der Waals surface area (Å²) in [5.74, 6) is 0.0342. The molecule has 0 saturated heterocycles. The minimum Gasteiger partial charge on any atom is -0.478 e. The van der Waals surface area contributed by atoms with Crippen LogP contribution >= 0.6 is 0 Å². The van der Waals surface area contributed by atoms with Gasteiger partial charge in [0.2, 0.25) is 5.91 Å². The van der Waals surface area contributed by atoms with E-state index in [9.17, 15) is 9.59 Å². The molecule has 1 aliphatic heterocycles. The minimum absolute atomic E-state index is 0.0295. The Hall–Kier alpha value is -2.82. The number of nitrogens with one attached hydrogen (secondary N) is 2. The van der Waals surface area contributed by atoms with Gasteiger partial charge in [-0.3, -0.25) is 9.59 Å². The summed E-state index contributed by atoms with van der Waals surface area (Å²) in [5, 5.41) is 5.61. The molecule has 23 heavy (non-hydrogen) atoms. The van der Waals surface area contributed by atoms with E-state index in [1.165, 1.54) is 0 Å². The molecule has 0 aliphatic carbocycles. The Kier molecular flexibility index (Phi) is 4.28. The van der Waals surface area contributed by atoms with Gasteiger partial charge in [0.15, 0.2) is 6.10 Å². The van der Waals surface area contributed by atoms with Gasteiger partial charge in [0, 0.05) is 5.69 Å². The van der Waals surface area contributed by atoms with Crippen molar-refractivity contribution in [1.82, 2.24) is 0 Å². The fraction of sp³-hybridized carbons (Fsp3) is 0.222. The molecule has 2 N–H and O–H groups in total. The summed E-state index contributed by atoms with van der Waals surface area (Å²) in [6.07, 6.45) is -0.0266. The quantitative estimate of drug-likeness (QED) is 0.912. The van der Waals surface area contributed by atoms with Crippen molar-refractivity contribution in [3.05, 3.63) is 54.1 Å². The molecule has 1 atom stereocenters. The number of fused-ring (bicyclic) bond motifs is 1. The van der Waals surface area contributed by atoms with Gasteiger partial charge in [0.1, 0.15) is 5.75 Å². The SMILES string of the molecule is CCc1ccccc1NC(=O)C[C@H]1Oc2ccccc2NC1=O. The Morgan fingerprint density at radius 1 is 1.17 bits per heavy atom. The van der Waals surface area contributed by atoms with Crippen LogP contribution in [-0.4, -0.2) is 17.9 Å². The lowest BCUT2D eigenvalue weighted by atomic mass is 10.1. The van der Waals surface area contributed by atoms with Gasteiger partial charge in [-0.2, -0.15) is 0 Å². The molecule has 2 aromatic rings. The molecule has 3 rings (SSSR count). The third-order valence-corrected chi connectivity index (χ3v) is 3.75. The van der Waals surface area contributed by atoms with Gasteiger partial charge in [-0.05, 0) is 30.2 Å². The normalized spacial score (nSPS) is 16.0. The molecule has 0 unspecified atom stereocenters. The Morgan fingerprint density at radius 3 is 2.74 bits per heavy atom. The van der Waals surface area contributed by atoms with E-state index < -0.39 is 6.10 Å². The Balaban J connectivity index is 1.68. The number of anilines is 2. The summed E-state index contributed by atoms with van der Waals surface area (Å²) >= 11 is 0. The predicted octanol–water partition coefficient (Wildman–Crippen LogP) is 2.98. The molecular weight excluding hydrogens is 292 g/mol. The van der Waals surface area contributed by atoms with E-state index in [1.54, 1.807) is 12.1 Å². The second kappa shape index (κ2) is 6.52. The zero-order valence-corrected chi connectivity index (χ0v) is 12.8. The number of hydrogen-bond acceptors (Lipinski definition) is 3. The van der Waals surface area contributed by atoms with E-state index in [4.69, 9.17) is 4.74 Å². The molecule has 1 aliphatic rings. The summed E-state index contributed by atoms with van der Waals surface area (Å²) in [5.41, 5.74) is 2.46. The fourth-order valence-electron chi connectivity index (χ4n) is 2.55. The van der Waals surface area contributed by atoms with Crippen molar-refractivity contribution in [3.8, 4) is 5.75 Å². The van der Waals surface area contributed by atoms with Gasteiger partial charge in [0.25, 0.3) is 5.91 Å². The van der Waals surface area contributed by atoms with Crippen LogP contribution in [0.2, 0.25) is 0 Å². The number of ether oxygens (including phenoxy) is 1. The van der Waals surface area contributed by atoms with Crippen molar-refractivity contribution in [2.45, 2.75) is 25.9 Å². The smallest absolute Gasteiger partial charge is 0.266 e. The second-order valence-electron chi connectivity index (χ2n) is 5.35. The number of carbonyl (C=O) groups excluding carboxylic acids is 2. The van der Waals surface area contributed by atoms with Crippen molar-refractivity contribution < 1.29 is 14.3 Å². The third kappa shape index (κ3) is 3.34. The van der Waals surface area contributed by atoms with Crippen molar-refractivity contribution in [3.63, 3.8) is 0 Å². The van der Waals surface area contributed by atoms with Crippen LogP contribution in [0.1, 0.15) is 18.9 Å². The fourth-order valence-corrected chi connectivity index (χ4v) is 2.55. The zero-order valence-electron chi connectivity index (χ0n) is 12.8. The van der Waals surface area contributed by atoms with Crippen LogP contribution in [-0.2, 0) is 16.0 Å². The summed E-state index contributed by atoms with van der Waals surface area (Å²) in [6.45, 7) is 2.03. The standard InChI is InChI=1S/C18H18N2O3/c1-2-12-7-3-4-8-13(12)19-17(21)11-16-18(22)20-14-9-5-6-10-15(14)23-16/h3-10,16H,2,11H2,1H3,(H,19,21)(H,20,22)/t16-/m1/s1. The highest BCUT2D eigenvalue weighted by molar-refractivity contribution is 6.02. The Labute approximate surface area is 134 Å². The monoisotopic (exact) mass is 310 g/mol. The number of aryl methyl sites for hydroxylation is 1. The van der Waals surface area contributed by atoms with Gasteiger partial charge in [-0.25, -0.2) is 0 Å². The topological polar surface area (TPSA) is 67.4 Å². The largest absolute Gasteiger partial charge is 0.478 e. The first-order valence-corrected chi connectivity index (χ1v) is 7.61. The molecule has 5 nitrogen and oxygen atoms in total. The van der Waals surface area contributed by atoms with E-state index in [1.807, 2.05) is 43.3 Å².